The highest BCUT2D eigenvalue weighted by Gasteiger charge is 1.95. The second-order valence-corrected chi connectivity index (χ2v) is 2.99. The fourth-order valence-corrected chi connectivity index (χ4v) is 1.10. The monoisotopic (exact) mass is 212 g/mol. The van der Waals surface area contributed by atoms with Crippen LogP contribution in [0.3, 0.4) is 0 Å². The molecule has 2 N–H and O–H groups in total. The zero-order chi connectivity index (χ0) is 10.9. The maximum Gasteiger partial charge on any atom is 0.119 e. The quantitative estimate of drug-likeness (QED) is 0.649. The fourth-order valence-electron chi connectivity index (χ4n) is 1.10. The molecule has 0 atom stereocenters. The maximum atomic E-state index is 8.56. The number of hydrogen-bond donors (Lipinski definition) is 2. The molecule has 4 nitrogen and oxygen atoms in total. The molecule has 1 aromatic carbocycles. The second kappa shape index (κ2) is 7.23. The minimum absolute atomic E-state index is 0.0152. The molecule has 1 aromatic rings. The Morgan fingerprint density at radius 2 is 1.60 bits per heavy atom. The van der Waals surface area contributed by atoms with E-state index in [1.807, 2.05) is 24.3 Å². The molecule has 1 rings (SSSR count). The van der Waals surface area contributed by atoms with Crippen LogP contribution in [-0.2, 0) is 11.3 Å². The van der Waals surface area contributed by atoms with Gasteiger partial charge in [-0.3, -0.25) is 0 Å². The topological polar surface area (TPSA) is 58.9 Å². The highest BCUT2D eigenvalue weighted by Crippen LogP contribution is 2.12. The predicted octanol–water partition coefficient (Wildman–Crippen LogP) is 0.567. The van der Waals surface area contributed by atoms with E-state index >= 15 is 0 Å². The molecule has 0 saturated carbocycles. The van der Waals surface area contributed by atoms with Gasteiger partial charge in [-0.2, -0.15) is 0 Å². The van der Waals surface area contributed by atoms with Gasteiger partial charge >= 0.3 is 0 Å². The summed E-state index contributed by atoms with van der Waals surface area (Å²) in [6.45, 7) is 1.20. The van der Waals surface area contributed by atoms with Gasteiger partial charge in [0.2, 0.25) is 0 Å². The highest BCUT2D eigenvalue weighted by molar-refractivity contribution is 5.26. The summed E-state index contributed by atoms with van der Waals surface area (Å²) in [6, 6.07) is 7.44. The molecule has 0 aliphatic carbocycles. The largest absolute Gasteiger partial charge is 0.491 e. The van der Waals surface area contributed by atoms with Crippen molar-refractivity contribution in [1.29, 1.82) is 0 Å². The molecule has 4 heteroatoms. The zero-order valence-electron chi connectivity index (χ0n) is 8.56. The van der Waals surface area contributed by atoms with E-state index in [1.54, 1.807) is 0 Å². The first kappa shape index (κ1) is 12.0. The fraction of sp³-hybridized carbons (Fsp3) is 0.455. The summed E-state index contributed by atoms with van der Waals surface area (Å²) in [4.78, 5) is 0. The van der Waals surface area contributed by atoms with Gasteiger partial charge in [-0.25, -0.2) is 0 Å². The molecule has 0 amide bonds. The van der Waals surface area contributed by atoms with Gasteiger partial charge in [-0.15, -0.1) is 0 Å². The number of aliphatic hydroxyl groups excluding tert-OH is 2. The van der Waals surface area contributed by atoms with Crippen LogP contribution < -0.4 is 4.74 Å². The van der Waals surface area contributed by atoms with Crippen molar-refractivity contribution in [2.24, 2.45) is 0 Å². The maximum absolute atomic E-state index is 8.56. The third kappa shape index (κ3) is 4.78. The Labute approximate surface area is 89.1 Å². The molecule has 0 unspecified atom stereocenters. The number of rotatable bonds is 7. The van der Waals surface area contributed by atoms with Crippen molar-refractivity contribution in [3.05, 3.63) is 29.8 Å². The molecule has 0 spiro atoms. The van der Waals surface area contributed by atoms with E-state index in [-0.39, 0.29) is 13.2 Å². The van der Waals surface area contributed by atoms with Crippen molar-refractivity contribution >= 4 is 0 Å². The van der Waals surface area contributed by atoms with Crippen LogP contribution in [0.1, 0.15) is 5.56 Å². The highest BCUT2D eigenvalue weighted by atomic mass is 16.5. The lowest BCUT2D eigenvalue weighted by atomic mass is 10.2. The Morgan fingerprint density at radius 3 is 2.20 bits per heavy atom. The third-order valence-electron chi connectivity index (χ3n) is 1.79. The summed E-state index contributed by atoms with van der Waals surface area (Å²) in [5.74, 6) is 0.731. The van der Waals surface area contributed by atoms with Gasteiger partial charge < -0.3 is 19.7 Å². The first-order valence-electron chi connectivity index (χ1n) is 4.88. The lowest BCUT2D eigenvalue weighted by Gasteiger charge is -2.06. The molecule has 0 heterocycles. The third-order valence-corrected chi connectivity index (χ3v) is 1.79. The molecule has 0 saturated heterocycles. The van der Waals surface area contributed by atoms with Crippen LogP contribution in [0.2, 0.25) is 0 Å². The lowest BCUT2D eigenvalue weighted by molar-refractivity contribution is 0.0815. The van der Waals surface area contributed by atoms with Crippen molar-refractivity contribution in [3.8, 4) is 5.75 Å². The van der Waals surface area contributed by atoms with E-state index in [0.717, 1.165) is 11.3 Å². The van der Waals surface area contributed by atoms with Crippen LogP contribution in [0.4, 0.5) is 0 Å². The second-order valence-electron chi connectivity index (χ2n) is 2.99. The van der Waals surface area contributed by atoms with Crippen LogP contribution >= 0.6 is 0 Å². The van der Waals surface area contributed by atoms with Gasteiger partial charge in [-0.1, -0.05) is 12.1 Å². The van der Waals surface area contributed by atoms with Crippen LogP contribution in [0.15, 0.2) is 24.3 Å². The van der Waals surface area contributed by atoms with Gasteiger partial charge in [0, 0.05) is 0 Å². The van der Waals surface area contributed by atoms with E-state index in [0.29, 0.717) is 19.8 Å². The summed E-state index contributed by atoms with van der Waals surface area (Å²) in [5.41, 5.74) is 1.03. The molecular formula is C11H16O4. The Balaban J connectivity index is 2.35. The number of ether oxygens (including phenoxy) is 2. The smallest absolute Gasteiger partial charge is 0.119 e. The van der Waals surface area contributed by atoms with Crippen molar-refractivity contribution in [2.75, 3.05) is 26.4 Å². The van der Waals surface area contributed by atoms with Gasteiger partial charge in [0.15, 0.2) is 0 Å². The zero-order valence-corrected chi connectivity index (χ0v) is 8.56. The molecule has 0 aliphatic heterocycles. The minimum atomic E-state index is 0.0152. The molecule has 0 aliphatic rings. The molecule has 84 valence electrons. The molecular weight excluding hydrogens is 196 g/mol. The standard InChI is InChI=1S/C11H16O4/c12-5-7-14-9-10-1-3-11(4-2-10)15-8-6-13/h1-4,12-13H,5-9H2. The molecule has 0 fully saturated rings. The van der Waals surface area contributed by atoms with Crippen LogP contribution in [-0.4, -0.2) is 36.6 Å². The minimum Gasteiger partial charge on any atom is -0.491 e. The SMILES string of the molecule is OCCOCc1ccc(OCCO)cc1. The first-order chi connectivity index (χ1) is 7.36. The first-order valence-corrected chi connectivity index (χ1v) is 4.88. The Kier molecular flexibility index (Phi) is 5.77. The lowest BCUT2D eigenvalue weighted by Crippen LogP contribution is -2.02. The summed E-state index contributed by atoms with van der Waals surface area (Å²) in [5, 5.41) is 17.1. The predicted molar refractivity (Wildman–Crippen MR) is 55.8 cm³/mol. The normalized spacial score (nSPS) is 10.3. The summed E-state index contributed by atoms with van der Waals surface area (Å²) < 4.78 is 10.4. The van der Waals surface area contributed by atoms with Gasteiger partial charge in [0.05, 0.1) is 26.4 Å². The van der Waals surface area contributed by atoms with Crippen LogP contribution in [0.5, 0.6) is 5.75 Å². The number of benzene rings is 1. The van der Waals surface area contributed by atoms with E-state index in [9.17, 15) is 0 Å². The van der Waals surface area contributed by atoms with Gasteiger partial charge in [0.1, 0.15) is 12.4 Å². The van der Waals surface area contributed by atoms with Crippen molar-refractivity contribution < 1.29 is 19.7 Å². The average Bonchev–Trinajstić information content (AvgIpc) is 2.28. The van der Waals surface area contributed by atoms with Crippen LogP contribution in [0, 0.1) is 0 Å². The Morgan fingerprint density at radius 1 is 0.933 bits per heavy atom. The Bertz CT molecular complexity index is 258. The van der Waals surface area contributed by atoms with Crippen molar-refractivity contribution in [3.63, 3.8) is 0 Å². The van der Waals surface area contributed by atoms with Gasteiger partial charge in [-0.05, 0) is 17.7 Å². The van der Waals surface area contributed by atoms with Crippen molar-refractivity contribution in [2.45, 2.75) is 6.61 Å². The van der Waals surface area contributed by atoms with E-state index in [2.05, 4.69) is 0 Å². The molecule has 15 heavy (non-hydrogen) atoms. The van der Waals surface area contributed by atoms with E-state index < -0.39 is 0 Å². The number of hydrogen-bond acceptors (Lipinski definition) is 4. The average molecular weight is 212 g/mol. The van der Waals surface area contributed by atoms with Crippen molar-refractivity contribution in [1.82, 2.24) is 0 Å². The molecule has 0 bridgehead atoms. The van der Waals surface area contributed by atoms with Gasteiger partial charge in [0.25, 0.3) is 0 Å². The molecule has 0 radical (unpaired) electrons. The molecule has 0 aromatic heterocycles. The summed E-state index contributed by atoms with van der Waals surface area (Å²) >= 11 is 0. The summed E-state index contributed by atoms with van der Waals surface area (Å²) in [7, 11) is 0. The summed E-state index contributed by atoms with van der Waals surface area (Å²) in [6.07, 6.45) is 0. The Hall–Kier alpha value is -1.10. The van der Waals surface area contributed by atoms with E-state index in [4.69, 9.17) is 19.7 Å². The van der Waals surface area contributed by atoms with Crippen LogP contribution in [0.25, 0.3) is 0 Å². The number of aliphatic hydroxyl groups is 2. The van der Waals surface area contributed by atoms with E-state index in [1.165, 1.54) is 0 Å².